The molecule has 2 aromatic carbocycles. The molecule has 0 saturated heterocycles. The van der Waals surface area contributed by atoms with Crippen LogP contribution in [0.3, 0.4) is 0 Å². The molecular weight excluding hydrogens is 345 g/mol. The van der Waals surface area contributed by atoms with Crippen molar-refractivity contribution in [3.8, 4) is 11.5 Å². The molecule has 0 heterocycles. The first-order valence-corrected chi connectivity index (χ1v) is 7.37. The van der Waals surface area contributed by atoms with E-state index < -0.39 is 19.0 Å². The third-order valence-corrected chi connectivity index (χ3v) is 3.40. The molecule has 1 N–H and O–H groups in total. The van der Waals surface area contributed by atoms with Crippen molar-refractivity contribution in [1.82, 2.24) is 5.32 Å². The number of hydrogen-bond acceptors (Lipinski definition) is 3. The van der Waals surface area contributed by atoms with Crippen LogP contribution in [0.1, 0.15) is 24.1 Å². The average molecular weight is 361 g/mol. The molecule has 0 bridgehead atoms. The van der Waals surface area contributed by atoms with Crippen LogP contribution in [-0.4, -0.2) is 13.0 Å². The number of para-hydroxylation sites is 2. The quantitative estimate of drug-likeness (QED) is 0.701. The molecule has 2 aromatic rings. The van der Waals surface area contributed by atoms with E-state index >= 15 is 0 Å². The lowest BCUT2D eigenvalue weighted by Gasteiger charge is -2.19. The van der Waals surface area contributed by atoms with Gasteiger partial charge in [0.1, 0.15) is 11.5 Å². The van der Waals surface area contributed by atoms with Gasteiger partial charge in [-0.3, -0.25) is 0 Å². The Labute approximate surface area is 141 Å². The third-order valence-electron chi connectivity index (χ3n) is 3.40. The van der Waals surface area contributed by atoms with Crippen LogP contribution >= 0.6 is 0 Å². The van der Waals surface area contributed by atoms with E-state index in [2.05, 4.69) is 14.8 Å². The topological polar surface area (TPSA) is 30.5 Å². The maximum atomic E-state index is 12.5. The Hall–Kier alpha value is -2.35. The first-order chi connectivity index (χ1) is 11.8. The van der Waals surface area contributed by atoms with E-state index in [4.69, 9.17) is 0 Å². The van der Waals surface area contributed by atoms with Crippen LogP contribution in [0.25, 0.3) is 0 Å². The van der Waals surface area contributed by atoms with Gasteiger partial charge >= 0.3 is 13.0 Å². The summed E-state index contributed by atoms with van der Waals surface area (Å²) in [5.74, 6) is -0.302. The van der Waals surface area contributed by atoms with E-state index in [0.29, 0.717) is 11.1 Å². The van der Waals surface area contributed by atoms with E-state index in [1.54, 1.807) is 31.2 Å². The summed E-state index contributed by atoms with van der Waals surface area (Å²) in [5, 5.41) is 2.98. The van der Waals surface area contributed by atoms with E-state index in [1.165, 1.54) is 24.3 Å². The van der Waals surface area contributed by atoms with Gasteiger partial charge in [-0.05, 0) is 19.1 Å². The van der Waals surface area contributed by atoms with Crippen molar-refractivity contribution < 1.29 is 31.4 Å². The van der Waals surface area contributed by atoms with Gasteiger partial charge in [0.25, 0.3) is 0 Å². The predicted molar refractivity (Wildman–Crippen MR) is 81.5 cm³/mol. The minimum absolute atomic E-state index is 0.0114. The zero-order valence-electron chi connectivity index (χ0n) is 13.2. The zero-order valence-corrected chi connectivity index (χ0v) is 13.2. The molecule has 0 aliphatic carbocycles. The first-order valence-electron chi connectivity index (χ1n) is 7.37. The van der Waals surface area contributed by atoms with Crippen LogP contribution in [0.2, 0.25) is 0 Å². The highest BCUT2D eigenvalue weighted by atomic mass is 19.4. The summed E-state index contributed by atoms with van der Waals surface area (Å²) in [6.07, 6.45) is -4.79. The molecule has 0 radical (unpaired) electrons. The molecule has 1 unspecified atom stereocenters. The molecule has 8 heteroatoms. The lowest BCUT2D eigenvalue weighted by molar-refractivity contribution is -0.274. The Morgan fingerprint density at radius 1 is 0.960 bits per heavy atom. The highest BCUT2D eigenvalue weighted by Crippen LogP contribution is 2.29. The number of rotatable bonds is 7. The van der Waals surface area contributed by atoms with Crippen molar-refractivity contribution in [1.29, 1.82) is 0 Å². The van der Waals surface area contributed by atoms with Crippen molar-refractivity contribution in [3.05, 3.63) is 59.7 Å². The van der Waals surface area contributed by atoms with Crippen LogP contribution in [-0.2, 0) is 6.54 Å². The summed E-state index contributed by atoms with van der Waals surface area (Å²) < 4.78 is 70.7. The van der Waals surface area contributed by atoms with Crippen molar-refractivity contribution >= 4 is 0 Å². The number of alkyl halides is 5. The maximum Gasteiger partial charge on any atom is 0.573 e. The Morgan fingerprint density at radius 2 is 1.56 bits per heavy atom. The van der Waals surface area contributed by atoms with Crippen molar-refractivity contribution in [2.45, 2.75) is 32.5 Å². The number of ether oxygens (including phenoxy) is 2. The molecule has 1 atom stereocenters. The van der Waals surface area contributed by atoms with Crippen LogP contribution in [0.15, 0.2) is 48.5 Å². The van der Waals surface area contributed by atoms with Gasteiger partial charge in [0.15, 0.2) is 0 Å². The number of nitrogens with one attached hydrogen (secondary N) is 1. The first kappa shape index (κ1) is 19.0. The highest BCUT2D eigenvalue weighted by molar-refractivity contribution is 5.37. The van der Waals surface area contributed by atoms with E-state index in [-0.39, 0.29) is 18.0 Å². The minimum Gasteiger partial charge on any atom is -0.434 e. The van der Waals surface area contributed by atoms with Crippen LogP contribution in [0.4, 0.5) is 22.0 Å². The fourth-order valence-corrected chi connectivity index (χ4v) is 2.29. The number of benzene rings is 2. The third kappa shape index (κ3) is 5.90. The second-order valence-corrected chi connectivity index (χ2v) is 5.17. The molecule has 0 aromatic heterocycles. The normalized spacial score (nSPS) is 12.9. The number of hydrogen-bond donors (Lipinski definition) is 1. The molecule has 25 heavy (non-hydrogen) atoms. The molecule has 0 aliphatic heterocycles. The summed E-state index contributed by atoms with van der Waals surface area (Å²) in [7, 11) is 0. The molecule has 0 amide bonds. The van der Waals surface area contributed by atoms with Crippen LogP contribution < -0.4 is 14.8 Å². The smallest absolute Gasteiger partial charge is 0.434 e. The van der Waals surface area contributed by atoms with Crippen LogP contribution in [0, 0.1) is 0 Å². The summed E-state index contributed by atoms with van der Waals surface area (Å²) in [4.78, 5) is 0. The van der Waals surface area contributed by atoms with Crippen molar-refractivity contribution in [2.75, 3.05) is 0 Å². The largest absolute Gasteiger partial charge is 0.573 e. The molecule has 2 rings (SSSR count). The van der Waals surface area contributed by atoms with Crippen LogP contribution in [0.5, 0.6) is 11.5 Å². The monoisotopic (exact) mass is 361 g/mol. The molecule has 3 nitrogen and oxygen atoms in total. The summed E-state index contributed by atoms with van der Waals surface area (Å²) >= 11 is 0. The van der Waals surface area contributed by atoms with Gasteiger partial charge in [0.2, 0.25) is 0 Å². The SMILES string of the molecule is CC(NCc1ccccc1OC(F)(F)F)c1ccccc1OC(F)F. The molecule has 0 spiro atoms. The van der Waals surface area contributed by atoms with E-state index in [9.17, 15) is 22.0 Å². The Balaban J connectivity index is 2.10. The second-order valence-electron chi connectivity index (χ2n) is 5.17. The predicted octanol–water partition coefficient (Wildman–Crippen LogP) is 5.04. The lowest BCUT2D eigenvalue weighted by atomic mass is 10.1. The molecule has 0 aliphatic rings. The molecular formula is C17H16F5NO2. The second kappa shape index (κ2) is 8.15. The van der Waals surface area contributed by atoms with E-state index in [0.717, 1.165) is 0 Å². The Bertz CT molecular complexity index is 691. The van der Waals surface area contributed by atoms with Gasteiger partial charge in [0, 0.05) is 23.7 Å². The zero-order chi connectivity index (χ0) is 18.4. The summed E-state index contributed by atoms with van der Waals surface area (Å²) in [5.41, 5.74) is 0.760. The highest BCUT2D eigenvalue weighted by Gasteiger charge is 2.32. The van der Waals surface area contributed by atoms with Gasteiger partial charge < -0.3 is 14.8 Å². The lowest BCUT2D eigenvalue weighted by Crippen LogP contribution is -2.22. The Morgan fingerprint density at radius 3 is 2.20 bits per heavy atom. The van der Waals surface area contributed by atoms with Gasteiger partial charge in [-0.1, -0.05) is 36.4 Å². The van der Waals surface area contributed by atoms with Gasteiger partial charge in [-0.25, -0.2) is 0 Å². The number of halogens is 5. The fourth-order valence-electron chi connectivity index (χ4n) is 2.29. The summed E-state index contributed by atoms with van der Waals surface area (Å²) in [6, 6.07) is 11.5. The van der Waals surface area contributed by atoms with Gasteiger partial charge in [0.05, 0.1) is 0 Å². The average Bonchev–Trinajstić information content (AvgIpc) is 2.52. The summed E-state index contributed by atoms with van der Waals surface area (Å²) in [6.45, 7) is -1.22. The molecule has 0 saturated carbocycles. The van der Waals surface area contributed by atoms with Crippen molar-refractivity contribution in [3.63, 3.8) is 0 Å². The molecule has 136 valence electrons. The molecule has 0 fully saturated rings. The van der Waals surface area contributed by atoms with Gasteiger partial charge in [-0.15, -0.1) is 13.2 Å². The maximum absolute atomic E-state index is 12.5. The van der Waals surface area contributed by atoms with Gasteiger partial charge in [-0.2, -0.15) is 8.78 Å². The standard InChI is InChI=1S/C17H16F5NO2/c1-11(13-7-3-5-9-15(13)24-16(18)19)23-10-12-6-2-4-8-14(12)25-17(20,21)22/h2-9,11,16,23H,10H2,1H3. The van der Waals surface area contributed by atoms with Crippen molar-refractivity contribution in [2.24, 2.45) is 0 Å². The fraction of sp³-hybridized carbons (Fsp3) is 0.294. The minimum atomic E-state index is -4.79. The van der Waals surface area contributed by atoms with E-state index in [1.807, 2.05) is 0 Å². The Kier molecular flexibility index (Phi) is 6.19.